The van der Waals surface area contributed by atoms with Crippen molar-refractivity contribution in [3.05, 3.63) is 57.5 Å². The molecule has 0 bridgehead atoms. The van der Waals surface area contributed by atoms with Crippen molar-refractivity contribution in [2.45, 2.75) is 11.4 Å². The molecule has 0 heterocycles. The summed E-state index contributed by atoms with van der Waals surface area (Å²) in [4.78, 5) is 0.0969. The van der Waals surface area contributed by atoms with Crippen molar-refractivity contribution in [3.8, 4) is 0 Å². The molecule has 0 saturated carbocycles. The Bertz CT molecular complexity index is 735. The van der Waals surface area contributed by atoms with E-state index in [2.05, 4.69) is 20.7 Å². The summed E-state index contributed by atoms with van der Waals surface area (Å²) >= 11 is 9.27. The van der Waals surface area contributed by atoms with Crippen molar-refractivity contribution in [1.82, 2.24) is 0 Å². The molecule has 7 heteroatoms. The number of hydrogen-bond donors (Lipinski definition) is 2. The quantitative estimate of drug-likeness (QED) is 0.860. The van der Waals surface area contributed by atoms with E-state index in [1.54, 1.807) is 24.3 Å². The van der Waals surface area contributed by atoms with Gasteiger partial charge in [-0.1, -0.05) is 39.7 Å². The Hall–Kier alpha value is -1.08. The highest BCUT2D eigenvalue weighted by Crippen LogP contribution is 2.23. The lowest BCUT2D eigenvalue weighted by Crippen LogP contribution is -2.13. The van der Waals surface area contributed by atoms with Crippen LogP contribution in [-0.2, 0) is 16.6 Å². The highest BCUT2D eigenvalue weighted by molar-refractivity contribution is 9.10. The van der Waals surface area contributed by atoms with Gasteiger partial charge in [0.1, 0.15) is 0 Å². The third-order valence-electron chi connectivity index (χ3n) is 2.63. The zero-order chi connectivity index (χ0) is 14.8. The smallest absolute Gasteiger partial charge is 0.261 e. The number of nitrogens with two attached hydrogens (primary N) is 1. The Kier molecular flexibility index (Phi) is 4.70. The van der Waals surface area contributed by atoms with Crippen molar-refractivity contribution in [2.24, 2.45) is 5.73 Å². The van der Waals surface area contributed by atoms with E-state index in [0.717, 1.165) is 4.47 Å². The monoisotopic (exact) mass is 374 g/mol. The first-order chi connectivity index (χ1) is 9.42. The van der Waals surface area contributed by atoms with Gasteiger partial charge in [-0.15, -0.1) is 0 Å². The zero-order valence-electron chi connectivity index (χ0n) is 10.3. The molecule has 2 aromatic rings. The molecule has 0 saturated heterocycles. The highest BCUT2D eigenvalue weighted by atomic mass is 79.9. The first-order valence-electron chi connectivity index (χ1n) is 5.69. The third kappa shape index (κ3) is 3.52. The maximum absolute atomic E-state index is 12.2. The summed E-state index contributed by atoms with van der Waals surface area (Å²) in [6.45, 7) is 0.262. The maximum atomic E-state index is 12.2. The van der Waals surface area contributed by atoms with Gasteiger partial charge in [0.05, 0.1) is 4.90 Å². The van der Waals surface area contributed by atoms with Crippen LogP contribution in [0.2, 0.25) is 5.02 Å². The molecule has 4 nitrogen and oxygen atoms in total. The van der Waals surface area contributed by atoms with Gasteiger partial charge in [-0.25, -0.2) is 8.42 Å². The van der Waals surface area contributed by atoms with E-state index in [4.69, 9.17) is 17.3 Å². The number of rotatable bonds is 4. The number of sulfonamides is 1. The topological polar surface area (TPSA) is 72.2 Å². The molecule has 0 atom stereocenters. The second-order valence-corrected chi connectivity index (χ2v) is 7.08. The average molecular weight is 376 g/mol. The largest absolute Gasteiger partial charge is 0.326 e. The van der Waals surface area contributed by atoms with E-state index in [9.17, 15) is 8.42 Å². The molecule has 0 spiro atoms. The average Bonchev–Trinajstić information content (AvgIpc) is 2.38. The molecule has 0 aliphatic rings. The van der Waals surface area contributed by atoms with Gasteiger partial charge in [0.25, 0.3) is 10.0 Å². The summed E-state index contributed by atoms with van der Waals surface area (Å²) in [5.74, 6) is 0. The molecule has 0 unspecified atom stereocenters. The highest BCUT2D eigenvalue weighted by Gasteiger charge is 2.15. The lowest BCUT2D eigenvalue weighted by Gasteiger charge is -2.10. The zero-order valence-corrected chi connectivity index (χ0v) is 13.5. The number of benzene rings is 2. The minimum absolute atomic E-state index is 0.0969. The summed E-state index contributed by atoms with van der Waals surface area (Å²) in [5, 5.41) is 0.338. The Balaban J connectivity index is 2.33. The molecular formula is C13H12BrClN2O2S. The second-order valence-electron chi connectivity index (χ2n) is 4.07. The number of anilines is 1. The van der Waals surface area contributed by atoms with Crippen LogP contribution >= 0.6 is 27.5 Å². The summed E-state index contributed by atoms with van der Waals surface area (Å²) in [7, 11) is -3.67. The molecule has 20 heavy (non-hydrogen) atoms. The van der Waals surface area contributed by atoms with E-state index >= 15 is 0 Å². The van der Waals surface area contributed by atoms with Crippen LogP contribution in [0.5, 0.6) is 0 Å². The van der Waals surface area contributed by atoms with Crippen molar-refractivity contribution < 1.29 is 8.42 Å². The van der Waals surface area contributed by atoms with Crippen molar-refractivity contribution in [1.29, 1.82) is 0 Å². The van der Waals surface area contributed by atoms with Crippen molar-refractivity contribution in [3.63, 3.8) is 0 Å². The van der Waals surface area contributed by atoms with Crippen LogP contribution in [0.1, 0.15) is 5.56 Å². The SMILES string of the molecule is NCc1ccc(S(=O)(=O)Nc2cccc(Br)c2)cc1Cl. The summed E-state index contributed by atoms with van der Waals surface area (Å²) in [5.41, 5.74) is 6.67. The molecule has 0 radical (unpaired) electrons. The number of nitrogens with one attached hydrogen (secondary N) is 1. The molecular weight excluding hydrogens is 364 g/mol. The molecule has 0 aliphatic carbocycles. The maximum Gasteiger partial charge on any atom is 0.261 e. The van der Waals surface area contributed by atoms with Crippen LogP contribution in [-0.4, -0.2) is 8.42 Å². The molecule has 0 amide bonds. The van der Waals surface area contributed by atoms with E-state index < -0.39 is 10.0 Å². The number of hydrogen-bond acceptors (Lipinski definition) is 3. The fourth-order valence-corrected chi connectivity index (χ4v) is 3.42. The van der Waals surface area contributed by atoms with Crippen LogP contribution in [0, 0.1) is 0 Å². The van der Waals surface area contributed by atoms with Gasteiger partial charge >= 0.3 is 0 Å². The van der Waals surface area contributed by atoms with Crippen molar-refractivity contribution in [2.75, 3.05) is 4.72 Å². The van der Waals surface area contributed by atoms with Gasteiger partial charge in [0.2, 0.25) is 0 Å². The van der Waals surface area contributed by atoms with Crippen LogP contribution in [0.25, 0.3) is 0 Å². The molecule has 0 aliphatic heterocycles. The molecule has 2 rings (SSSR count). The van der Waals surface area contributed by atoms with Gasteiger partial charge in [0.15, 0.2) is 0 Å². The first kappa shape index (κ1) is 15.3. The van der Waals surface area contributed by atoms with Gasteiger partial charge in [0, 0.05) is 21.7 Å². The van der Waals surface area contributed by atoms with Gasteiger partial charge in [-0.05, 0) is 35.9 Å². The third-order valence-corrected chi connectivity index (χ3v) is 4.86. The van der Waals surface area contributed by atoms with Gasteiger partial charge < -0.3 is 5.73 Å². The molecule has 106 valence electrons. The first-order valence-corrected chi connectivity index (χ1v) is 8.34. The predicted molar refractivity (Wildman–Crippen MR) is 84.3 cm³/mol. The normalized spacial score (nSPS) is 11.3. The molecule has 0 fully saturated rings. The van der Waals surface area contributed by atoms with E-state index in [1.807, 2.05) is 6.07 Å². The number of halogens is 2. The second kappa shape index (κ2) is 6.13. The standard InChI is InChI=1S/C13H12BrClN2O2S/c14-10-2-1-3-11(6-10)17-20(18,19)12-5-4-9(8-16)13(15)7-12/h1-7,17H,8,16H2. The minimum atomic E-state index is -3.67. The molecule has 0 aromatic heterocycles. The Morgan fingerprint density at radius 2 is 1.95 bits per heavy atom. The van der Waals surface area contributed by atoms with Gasteiger partial charge in [-0.3, -0.25) is 4.72 Å². The summed E-state index contributed by atoms with van der Waals surface area (Å²) in [6, 6.07) is 11.4. The lowest BCUT2D eigenvalue weighted by molar-refractivity contribution is 0.601. The molecule has 3 N–H and O–H groups in total. The summed E-state index contributed by atoms with van der Waals surface area (Å²) in [6.07, 6.45) is 0. The Morgan fingerprint density at radius 3 is 2.55 bits per heavy atom. The van der Waals surface area contributed by atoms with E-state index in [1.165, 1.54) is 12.1 Å². The minimum Gasteiger partial charge on any atom is -0.326 e. The van der Waals surface area contributed by atoms with Crippen LogP contribution in [0.3, 0.4) is 0 Å². The van der Waals surface area contributed by atoms with E-state index in [-0.39, 0.29) is 11.4 Å². The summed E-state index contributed by atoms with van der Waals surface area (Å²) < 4.78 is 27.8. The van der Waals surface area contributed by atoms with Crippen LogP contribution in [0.15, 0.2) is 51.8 Å². The Labute approximate surface area is 131 Å². The van der Waals surface area contributed by atoms with Crippen molar-refractivity contribution >= 4 is 43.2 Å². The lowest BCUT2D eigenvalue weighted by atomic mass is 10.2. The fraction of sp³-hybridized carbons (Fsp3) is 0.0769. The fourth-order valence-electron chi connectivity index (χ4n) is 1.63. The molecule has 2 aromatic carbocycles. The Morgan fingerprint density at radius 1 is 1.20 bits per heavy atom. The van der Waals surface area contributed by atoms with Crippen LogP contribution in [0.4, 0.5) is 5.69 Å². The predicted octanol–water partition coefficient (Wildman–Crippen LogP) is 3.36. The van der Waals surface area contributed by atoms with Crippen LogP contribution < -0.4 is 10.5 Å². The van der Waals surface area contributed by atoms with E-state index in [0.29, 0.717) is 16.3 Å². The van der Waals surface area contributed by atoms with Gasteiger partial charge in [-0.2, -0.15) is 0 Å².